The van der Waals surface area contributed by atoms with Crippen molar-refractivity contribution in [2.45, 2.75) is 26.8 Å². The Balaban J connectivity index is 1.64. The van der Waals surface area contributed by atoms with Gasteiger partial charge >= 0.3 is 11.9 Å². The van der Waals surface area contributed by atoms with Gasteiger partial charge in [0.05, 0.1) is 23.9 Å². The predicted octanol–water partition coefficient (Wildman–Crippen LogP) is 1.72. The first-order chi connectivity index (χ1) is 17.4. The van der Waals surface area contributed by atoms with E-state index in [4.69, 9.17) is 18.9 Å². The molecule has 0 radical (unpaired) electrons. The number of hydrogen-bond donors (Lipinski definition) is 1. The molecule has 1 unspecified atom stereocenters. The maximum atomic E-state index is 13.6. The van der Waals surface area contributed by atoms with Gasteiger partial charge in [-0.3, -0.25) is 14.2 Å². The van der Waals surface area contributed by atoms with E-state index in [1.807, 2.05) is 0 Å². The molecule has 1 atom stereocenters. The number of H-pyrrole nitrogens is 1. The number of ether oxygens (including phenoxy) is 4. The van der Waals surface area contributed by atoms with Crippen molar-refractivity contribution < 1.29 is 28.5 Å². The molecular weight excluding hydrogens is 466 g/mol. The summed E-state index contributed by atoms with van der Waals surface area (Å²) in [6.45, 7) is 5.03. The van der Waals surface area contributed by atoms with Crippen LogP contribution < -0.4 is 30.7 Å². The Morgan fingerprint density at radius 3 is 2.64 bits per heavy atom. The highest BCUT2D eigenvalue weighted by Gasteiger charge is 2.34. The van der Waals surface area contributed by atoms with Gasteiger partial charge in [-0.15, -0.1) is 0 Å². The van der Waals surface area contributed by atoms with Crippen LogP contribution in [0.4, 0.5) is 0 Å². The van der Waals surface area contributed by atoms with E-state index in [9.17, 15) is 14.4 Å². The van der Waals surface area contributed by atoms with Gasteiger partial charge in [0.25, 0.3) is 5.56 Å². The number of esters is 2. The summed E-state index contributed by atoms with van der Waals surface area (Å²) in [6.07, 6.45) is 1.66. The van der Waals surface area contributed by atoms with Gasteiger partial charge in [-0.1, -0.05) is 18.2 Å². The molecule has 0 amide bonds. The first-order valence-corrected chi connectivity index (χ1v) is 11.3. The number of imidazole rings is 1. The van der Waals surface area contributed by atoms with Crippen LogP contribution in [0.2, 0.25) is 0 Å². The number of carbonyl (C=O) groups excluding carboxylic acids is 2. The fourth-order valence-electron chi connectivity index (χ4n) is 4.26. The molecular formula is C26H23N3O7. The molecule has 36 heavy (non-hydrogen) atoms. The van der Waals surface area contributed by atoms with Crippen molar-refractivity contribution in [1.29, 1.82) is 0 Å². The molecule has 5 rings (SSSR count). The van der Waals surface area contributed by atoms with E-state index in [2.05, 4.69) is 9.98 Å². The number of aromatic amines is 1. The molecule has 0 saturated carbocycles. The van der Waals surface area contributed by atoms with Gasteiger partial charge in [-0.2, -0.15) is 0 Å². The molecule has 10 nitrogen and oxygen atoms in total. The fourth-order valence-corrected chi connectivity index (χ4v) is 4.26. The summed E-state index contributed by atoms with van der Waals surface area (Å²) in [5.74, 6) is 0.551. The summed E-state index contributed by atoms with van der Waals surface area (Å²) in [5.41, 5.74) is 2.00. The highest BCUT2D eigenvalue weighted by atomic mass is 16.7. The van der Waals surface area contributed by atoms with Crippen LogP contribution in [0.15, 0.2) is 63.5 Å². The van der Waals surface area contributed by atoms with Gasteiger partial charge in [-0.05, 0) is 55.3 Å². The van der Waals surface area contributed by atoms with E-state index in [1.54, 1.807) is 62.4 Å². The maximum absolute atomic E-state index is 13.6. The molecule has 0 spiro atoms. The Morgan fingerprint density at radius 2 is 1.92 bits per heavy atom. The molecule has 184 valence electrons. The summed E-state index contributed by atoms with van der Waals surface area (Å²) >= 11 is 0. The zero-order valence-corrected chi connectivity index (χ0v) is 19.9. The van der Waals surface area contributed by atoms with Gasteiger partial charge in [0.15, 0.2) is 11.5 Å². The lowest BCUT2D eigenvalue weighted by Crippen LogP contribution is -2.40. The number of fused-ring (bicyclic) bond motifs is 2. The van der Waals surface area contributed by atoms with Crippen molar-refractivity contribution in [3.8, 4) is 17.2 Å². The van der Waals surface area contributed by atoms with Crippen LogP contribution in [0.25, 0.3) is 6.08 Å². The third-order valence-electron chi connectivity index (χ3n) is 5.78. The summed E-state index contributed by atoms with van der Waals surface area (Å²) in [4.78, 5) is 45.3. The SMILES string of the molecule is CCOC(=O)C1=C(C)N=c2[nH]c(=Cc3ccc(OC(C)=O)cc3)c(=O)n2C1c1ccc2c(c1)OCO2. The van der Waals surface area contributed by atoms with Crippen molar-refractivity contribution in [2.75, 3.05) is 13.4 Å². The van der Waals surface area contributed by atoms with Gasteiger partial charge in [0.2, 0.25) is 12.4 Å². The molecule has 0 bridgehead atoms. The Hall–Kier alpha value is -4.60. The summed E-state index contributed by atoms with van der Waals surface area (Å²) in [7, 11) is 0. The Labute approximate surface area is 205 Å². The first-order valence-electron chi connectivity index (χ1n) is 11.3. The van der Waals surface area contributed by atoms with E-state index in [-0.39, 0.29) is 29.9 Å². The van der Waals surface area contributed by atoms with E-state index in [0.717, 1.165) is 0 Å². The minimum absolute atomic E-state index is 0.100. The number of aromatic nitrogens is 2. The van der Waals surface area contributed by atoms with Gasteiger partial charge in [0, 0.05) is 6.92 Å². The minimum Gasteiger partial charge on any atom is -0.463 e. The second-order valence-corrected chi connectivity index (χ2v) is 8.19. The molecule has 10 heteroatoms. The topological polar surface area (TPSA) is 121 Å². The van der Waals surface area contributed by atoms with Gasteiger partial charge in [0.1, 0.15) is 11.1 Å². The van der Waals surface area contributed by atoms with Crippen LogP contribution in [0.5, 0.6) is 17.2 Å². The van der Waals surface area contributed by atoms with Crippen molar-refractivity contribution in [2.24, 2.45) is 4.99 Å². The Morgan fingerprint density at radius 1 is 1.17 bits per heavy atom. The largest absolute Gasteiger partial charge is 0.463 e. The van der Waals surface area contributed by atoms with Crippen LogP contribution >= 0.6 is 0 Å². The predicted molar refractivity (Wildman–Crippen MR) is 127 cm³/mol. The fraction of sp³-hybridized carbons (Fsp3) is 0.231. The third kappa shape index (κ3) is 4.17. The lowest BCUT2D eigenvalue weighted by molar-refractivity contribution is -0.139. The second-order valence-electron chi connectivity index (χ2n) is 8.19. The van der Waals surface area contributed by atoms with Crippen molar-refractivity contribution in [3.05, 3.63) is 86.2 Å². The molecule has 1 N–H and O–H groups in total. The van der Waals surface area contributed by atoms with E-state index >= 15 is 0 Å². The van der Waals surface area contributed by atoms with E-state index in [1.165, 1.54) is 11.5 Å². The zero-order valence-electron chi connectivity index (χ0n) is 19.9. The molecule has 2 aliphatic heterocycles. The number of nitrogens with zero attached hydrogens (tertiary/aromatic N) is 2. The van der Waals surface area contributed by atoms with Crippen molar-refractivity contribution in [3.63, 3.8) is 0 Å². The van der Waals surface area contributed by atoms with Crippen LogP contribution in [0.1, 0.15) is 37.9 Å². The lowest BCUT2D eigenvalue weighted by atomic mass is 9.95. The van der Waals surface area contributed by atoms with E-state index < -0.39 is 18.0 Å². The van der Waals surface area contributed by atoms with Crippen LogP contribution in [0.3, 0.4) is 0 Å². The molecule has 0 fully saturated rings. The Bertz CT molecular complexity index is 1580. The average molecular weight is 489 g/mol. The molecule has 0 saturated heterocycles. The van der Waals surface area contributed by atoms with Gasteiger partial charge < -0.3 is 23.9 Å². The molecule has 1 aromatic heterocycles. The Kier molecular flexibility index (Phi) is 5.93. The van der Waals surface area contributed by atoms with Crippen LogP contribution in [-0.4, -0.2) is 34.9 Å². The number of hydrogen-bond acceptors (Lipinski definition) is 8. The van der Waals surface area contributed by atoms with Crippen LogP contribution in [0, 0.1) is 0 Å². The molecule has 2 aliphatic rings. The van der Waals surface area contributed by atoms with Crippen molar-refractivity contribution >= 4 is 18.0 Å². The minimum atomic E-state index is -0.789. The van der Waals surface area contributed by atoms with Crippen molar-refractivity contribution in [1.82, 2.24) is 9.55 Å². The van der Waals surface area contributed by atoms with E-state index in [0.29, 0.717) is 39.7 Å². The number of allylic oxidation sites excluding steroid dienone is 1. The molecule has 3 aromatic rings. The molecule has 3 heterocycles. The summed E-state index contributed by atoms with van der Waals surface area (Å²) in [5, 5.41) is 0.276. The number of benzene rings is 2. The monoisotopic (exact) mass is 489 g/mol. The maximum Gasteiger partial charge on any atom is 0.338 e. The summed E-state index contributed by atoms with van der Waals surface area (Å²) in [6, 6.07) is 11.2. The first kappa shape index (κ1) is 23.2. The summed E-state index contributed by atoms with van der Waals surface area (Å²) < 4.78 is 22.8. The second kappa shape index (κ2) is 9.21. The highest BCUT2D eigenvalue weighted by molar-refractivity contribution is 5.91. The quantitative estimate of drug-likeness (QED) is 0.428. The molecule has 2 aromatic carbocycles. The average Bonchev–Trinajstić information content (AvgIpc) is 3.43. The molecule has 0 aliphatic carbocycles. The number of rotatable bonds is 5. The zero-order chi connectivity index (χ0) is 25.4. The number of nitrogens with one attached hydrogen (secondary N) is 1. The highest BCUT2D eigenvalue weighted by Crippen LogP contribution is 2.38. The van der Waals surface area contributed by atoms with Crippen LogP contribution in [-0.2, 0) is 14.3 Å². The normalized spacial score (nSPS) is 16.4. The smallest absolute Gasteiger partial charge is 0.338 e. The van der Waals surface area contributed by atoms with Gasteiger partial charge in [-0.25, -0.2) is 9.79 Å². The standard InChI is InChI=1S/C26H23N3O7/c1-4-33-25(32)22-14(2)27-26-28-19(11-16-5-8-18(9-6-16)36-15(3)30)24(31)29(26)23(22)17-7-10-20-21(12-17)35-13-34-20/h5-12,23H,4,13H2,1-3H3,(H,27,28). The third-order valence-corrected chi connectivity index (χ3v) is 5.78. The lowest BCUT2D eigenvalue weighted by Gasteiger charge is -2.24. The number of carbonyl (C=O) groups is 2.